The summed E-state index contributed by atoms with van der Waals surface area (Å²) in [4.78, 5) is 3.97. The number of rotatable bonds is 6. The lowest BCUT2D eigenvalue weighted by molar-refractivity contribution is 0.190. The molecular weight excluding hydrogens is 244 g/mol. The molecule has 1 aromatic carbocycles. The predicted molar refractivity (Wildman–Crippen MR) is 71.3 cm³/mol. The number of imidazole rings is 1. The molecule has 1 heterocycles. The van der Waals surface area contributed by atoms with Crippen LogP contribution in [0.4, 0.5) is 0 Å². The summed E-state index contributed by atoms with van der Waals surface area (Å²) in [5.41, 5.74) is 0.756. The van der Waals surface area contributed by atoms with Gasteiger partial charge in [-0.2, -0.15) is 0 Å². The van der Waals surface area contributed by atoms with Crippen LogP contribution in [0.25, 0.3) is 0 Å². The molecule has 5 nitrogen and oxygen atoms in total. The molecule has 1 atom stereocenters. The number of methoxy groups -OCH3 is 1. The van der Waals surface area contributed by atoms with Gasteiger partial charge in [0, 0.05) is 24.0 Å². The van der Waals surface area contributed by atoms with E-state index < -0.39 is 6.10 Å². The summed E-state index contributed by atoms with van der Waals surface area (Å²) in [6, 6.07) is 5.41. The van der Waals surface area contributed by atoms with Gasteiger partial charge in [0.05, 0.1) is 26.1 Å². The Morgan fingerprint density at radius 1 is 1.42 bits per heavy atom. The second-order valence-electron chi connectivity index (χ2n) is 4.23. The Hall–Kier alpha value is -2.01. The molecule has 5 heteroatoms. The van der Waals surface area contributed by atoms with E-state index in [0.717, 1.165) is 5.56 Å². The summed E-state index contributed by atoms with van der Waals surface area (Å²) in [6.45, 7) is 2.92. The summed E-state index contributed by atoms with van der Waals surface area (Å²) in [6.07, 6.45) is 4.77. The second kappa shape index (κ2) is 6.24. The molecule has 0 unspecified atom stereocenters. The van der Waals surface area contributed by atoms with Gasteiger partial charge >= 0.3 is 0 Å². The van der Waals surface area contributed by atoms with Crippen molar-refractivity contribution in [3.05, 3.63) is 42.5 Å². The van der Waals surface area contributed by atoms with Crippen molar-refractivity contribution >= 4 is 0 Å². The van der Waals surface area contributed by atoms with Crippen LogP contribution in [-0.2, 0) is 6.54 Å². The lowest BCUT2D eigenvalue weighted by Crippen LogP contribution is -2.08. The maximum Gasteiger partial charge on any atom is 0.128 e. The molecule has 2 rings (SSSR count). The van der Waals surface area contributed by atoms with Crippen LogP contribution >= 0.6 is 0 Å². The highest BCUT2D eigenvalue weighted by Gasteiger charge is 2.10. The molecule has 0 radical (unpaired) electrons. The first-order chi connectivity index (χ1) is 9.20. The van der Waals surface area contributed by atoms with Gasteiger partial charge in [0.25, 0.3) is 0 Å². The van der Waals surface area contributed by atoms with Crippen LogP contribution in [0.15, 0.2) is 36.9 Å². The van der Waals surface area contributed by atoms with Crippen LogP contribution in [0.5, 0.6) is 11.5 Å². The molecule has 0 saturated carbocycles. The fourth-order valence-electron chi connectivity index (χ4n) is 1.79. The number of aromatic nitrogens is 2. The van der Waals surface area contributed by atoms with Gasteiger partial charge in [0.2, 0.25) is 0 Å². The molecule has 0 aliphatic rings. The first-order valence-electron chi connectivity index (χ1n) is 6.15. The number of hydrogen-bond donors (Lipinski definition) is 1. The third-order valence-corrected chi connectivity index (χ3v) is 2.84. The molecule has 102 valence electrons. The first kappa shape index (κ1) is 13.4. The Kier molecular flexibility index (Phi) is 4.41. The normalized spacial score (nSPS) is 12.2. The van der Waals surface area contributed by atoms with Crippen LogP contribution in [0.1, 0.15) is 18.6 Å². The lowest BCUT2D eigenvalue weighted by Gasteiger charge is -2.14. The van der Waals surface area contributed by atoms with Crippen LogP contribution in [0.3, 0.4) is 0 Å². The number of hydrogen-bond acceptors (Lipinski definition) is 4. The Bertz CT molecular complexity index is 509. The SMILES string of the molecule is COc1ccc([C@@H](C)O)c(OCCn2ccnc2)c1. The average Bonchev–Trinajstić information content (AvgIpc) is 2.91. The summed E-state index contributed by atoms with van der Waals surface area (Å²) in [5, 5.41) is 9.72. The molecule has 0 bridgehead atoms. The maximum absolute atomic E-state index is 9.72. The summed E-state index contributed by atoms with van der Waals surface area (Å²) in [7, 11) is 1.60. The Balaban J connectivity index is 2.04. The third-order valence-electron chi connectivity index (χ3n) is 2.84. The van der Waals surface area contributed by atoms with E-state index in [1.807, 2.05) is 22.9 Å². The number of aliphatic hydroxyl groups is 1. The molecule has 1 N–H and O–H groups in total. The van der Waals surface area contributed by atoms with Gasteiger partial charge in [-0.3, -0.25) is 0 Å². The summed E-state index contributed by atoms with van der Waals surface area (Å²) >= 11 is 0. The second-order valence-corrected chi connectivity index (χ2v) is 4.23. The van der Waals surface area contributed by atoms with Gasteiger partial charge in [-0.05, 0) is 19.1 Å². The molecule has 2 aromatic rings. The van der Waals surface area contributed by atoms with Crippen molar-refractivity contribution in [1.29, 1.82) is 0 Å². The number of benzene rings is 1. The van der Waals surface area contributed by atoms with Crippen LogP contribution in [0, 0.1) is 0 Å². The van der Waals surface area contributed by atoms with Crippen LogP contribution in [0.2, 0.25) is 0 Å². The molecular formula is C14H18N2O3. The molecule has 0 fully saturated rings. The highest BCUT2D eigenvalue weighted by atomic mass is 16.5. The zero-order valence-corrected chi connectivity index (χ0v) is 11.1. The van der Waals surface area contributed by atoms with Gasteiger partial charge in [-0.25, -0.2) is 4.98 Å². The van der Waals surface area contributed by atoms with Gasteiger partial charge in [0.15, 0.2) is 0 Å². The Morgan fingerprint density at radius 2 is 2.26 bits per heavy atom. The largest absolute Gasteiger partial charge is 0.497 e. The topological polar surface area (TPSA) is 56.5 Å². The van der Waals surface area contributed by atoms with E-state index in [1.165, 1.54) is 0 Å². The molecule has 0 spiro atoms. The minimum Gasteiger partial charge on any atom is -0.497 e. The predicted octanol–water partition coefficient (Wildman–Crippen LogP) is 2.02. The number of ether oxygens (including phenoxy) is 2. The van der Waals surface area contributed by atoms with Crippen molar-refractivity contribution < 1.29 is 14.6 Å². The molecule has 1 aromatic heterocycles. The monoisotopic (exact) mass is 262 g/mol. The molecule has 0 aliphatic carbocycles. The van der Waals surface area contributed by atoms with Crippen molar-refractivity contribution in [2.45, 2.75) is 19.6 Å². The van der Waals surface area contributed by atoms with Gasteiger partial charge in [-0.15, -0.1) is 0 Å². The zero-order valence-electron chi connectivity index (χ0n) is 11.1. The minimum atomic E-state index is -0.575. The van der Waals surface area contributed by atoms with Crippen LogP contribution < -0.4 is 9.47 Å². The van der Waals surface area contributed by atoms with Crippen molar-refractivity contribution in [3.8, 4) is 11.5 Å². The Labute approximate surface area is 112 Å². The molecule has 0 saturated heterocycles. The lowest BCUT2D eigenvalue weighted by atomic mass is 10.1. The Morgan fingerprint density at radius 3 is 2.89 bits per heavy atom. The van der Waals surface area contributed by atoms with Crippen molar-refractivity contribution in [3.63, 3.8) is 0 Å². The van der Waals surface area contributed by atoms with E-state index in [-0.39, 0.29) is 0 Å². The molecule has 0 amide bonds. The maximum atomic E-state index is 9.72. The van der Waals surface area contributed by atoms with E-state index in [9.17, 15) is 5.11 Å². The first-order valence-corrected chi connectivity index (χ1v) is 6.15. The number of aliphatic hydroxyl groups excluding tert-OH is 1. The van der Waals surface area contributed by atoms with Crippen molar-refractivity contribution in [2.24, 2.45) is 0 Å². The zero-order chi connectivity index (χ0) is 13.7. The van der Waals surface area contributed by atoms with E-state index in [1.54, 1.807) is 32.6 Å². The molecule has 19 heavy (non-hydrogen) atoms. The highest BCUT2D eigenvalue weighted by molar-refractivity contribution is 5.41. The smallest absolute Gasteiger partial charge is 0.128 e. The van der Waals surface area contributed by atoms with E-state index in [4.69, 9.17) is 9.47 Å². The van der Waals surface area contributed by atoms with E-state index >= 15 is 0 Å². The van der Waals surface area contributed by atoms with Crippen molar-refractivity contribution in [1.82, 2.24) is 9.55 Å². The fourth-order valence-corrected chi connectivity index (χ4v) is 1.79. The number of nitrogens with zero attached hydrogens (tertiary/aromatic N) is 2. The average molecular weight is 262 g/mol. The van der Waals surface area contributed by atoms with Gasteiger partial charge in [-0.1, -0.05) is 0 Å². The van der Waals surface area contributed by atoms with Crippen LogP contribution in [-0.4, -0.2) is 28.4 Å². The minimum absolute atomic E-state index is 0.503. The quantitative estimate of drug-likeness (QED) is 0.865. The fraction of sp³-hybridized carbons (Fsp3) is 0.357. The van der Waals surface area contributed by atoms with Gasteiger partial charge < -0.3 is 19.1 Å². The van der Waals surface area contributed by atoms with E-state index in [0.29, 0.717) is 24.7 Å². The molecule has 0 aliphatic heterocycles. The van der Waals surface area contributed by atoms with Gasteiger partial charge in [0.1, 0.15) is 18.1 Å². The third kappa shape index (κ3) is 3.48. The standard InChI is InChI=1S/C14H18N2O3/c1-11(17)13-4-3-12(18-2)9-14(13)19-8-7-16-6-5-15-10-16/h3-6,9-11,17H,7-8H2,1-2H3/t11-/m1/s1. The highest BCUT2D eigenvalue weighted by Crippen LogP contribution is 2.29. The summed E-state index contributed by atoms with van der Waals surface area (Å²) < 4.78 is 12.8. The van der Waals surface area contributed by atoms with Crippen molar-refractivity contribution in [2.75, 3.05) is 13.7 Å². The van der Waals surface area contributed by atoms with E-state index in [2.05, 4.69) is 4.98 Å². The summed E-state index contributed by atoms with van der Waals surface area (Å²) in [5.74, 6) is 1.36.